The minimum atomic E-state index is -0.465. The van der Waals surface area contributed by atoms with E-state index in [0.717, 1.165) is 19.6 Å². The second-order valence-electron chi connectivity index (χ2n) is 4.63. The van der Waals surface area contributed by atoms with Crippen molar-refractivity contribution in [2.24, 2.45) is 0 Å². The van der Waals surface area contributed by atoms with Crippen molar-refractivity contribution < 1.29 is 4.92 Å². The molecule has 0 heterocycles. The predicted molar refractivity (Wildman–Crippen MR) is 78.7 cm³/mol. The van der Waals surface area contributed by atoms with Crippen molar-refractivity contribution in [2.75, 3.05) is 25.0 Å². The molecule has 0 fully saturated rings. The maximum atomic E-state index is 11.1. The highest BCUT2D eigenvalue weighted by atomic mass is 16.6. The van der Waals surface area contributed by atoms with E-state index in [-0.39, 0.29) is 11.7 Å². The van der Waals surface area contributed by atoms with E-state index >= 15 is 0 Å². The Balaban J connectivity index is 2.86. The smallest absolute Gasteiger partial charge is 0.293 e. The molecular weight excluding hydrogens is 256 g/mol. The van der Waals surface area contributed by atoms with Gasteiger partial charge in [-0.2, -0.15) is 5.26 Å². The maximum Gasteiger partial charge on any atom is 0.293 e. The Morgan fingerprint density at radius 1 is 1.45 bits per heavy atom. The molecule has 0 amide bonds. The van der Waals surface area contributed by atoms with Crippen molar-refractivity contribution in [3.8, 4) is 6.07 Å². The van der Waals surface area contributed by atoms with Crippen LogP contribution in [0.15, 0.2) is 18.2 Å². The third kappa shape index (κ3) is 4.21. The van der Waals surface area contributed by atoms with E-state index in [2.05, 4.69) is 24.1 Å². The van der Waals surface area contributed by atoms with Crippen LogP contribution < -0.4 is 5.32 Å². The molecule has 1 aromatic carbocycles. The number of anilines is 1. The van der Waals surface area contributed by atoms with Gasteiger partial charge in [0.25, 0.3) is 5.69 Å². The Hall–Kier alpha value is -2.13. The summed E-state index contributed by atoms with van der Waals surface area (Å²) in [6.45, 7) is 8.85. The van der Waals surface area contributed by atoms with E-state index in [1.54, 1.807) is 12.1 Å². The van der Waals surface area contributed by atoms with E-state index in [0.29, 0.717) is 11.3 Å². The Bertz CT molecular complexity index is 506. The Kier molecular flexibility index (Phi) is 5.94. The molecular formula is C14H20N4O2. The SMILES string of the molecule is CCN(CC)CC(C)Nc1ccc(C#N)cc1[N+](=O)[O-]. The van der Waals surface area contributed by atoms with Gasteiger partial charge in [0, 0.05) is 18.7 Å². The summed E-state index contributed by atoms with van der Waals surface area (Å²) in [5, 5.41) is 23.0. The van der Waals surface area contributed by atoms with Gasteiger partial charge < -0.3 is 10.2 Å². The first-order valence-corrected chi connectivity index (χ1v) is 6.69. The molecule has 0 saturated carbocycles. The minimum Gasteiger partial charge on any atom is -0.376 e. The van der Waals surface area contributed by atoms with Crippen LogP contribution in [0.3, 0.4) is 0 Å². The predicted octanol–water partition coefficient (Wildman–Crippen LogP) is 2.61. The molecule has 108 valence electrons. The molecule has 1 atom stereocenters. The summed E-state index contributed by atoms with van der Waals surface area (Å²) in [4.78, 5) is 12.8. The van der Waals surface area contributed by atoms with Gasteiger partial charge in [-0.15, -0.1) is 0 Å². The lowest BCUT2D eigenvalue weighted by molar-refractivity contribution is -0.384. The van der Waals surface area contributed by atoms with Crippen molar-refractivity contribution in [3.63, 3.8) is 0 Å². The Morgan fingerprint density at radius 3 is 2.60 bits per heavy atom. The average molecular weight is 276 g/mol. The lowest BCUT2D eigenvalue weighted by atomic mass is 10.1. The largest absolute Gasteiger partial charge is 0.376 e. The number of benzene rings is 1. The Labute approximate surface area is 119 Å². The zero-order valence-corrected chi connectivity index (χ0v) is 12.1. The van der Waals surface area contributed by atoms with E-state index in [9.17, 15) is 10.1 Å². The summed E-state index contributed by atoms with van der Waals surface area (Å²) in [5.74, 6) is 0. The van der Waals surface area contributed by atoms with E-state index in [1.165, 1.54) is 6.07 Å². The standard InChI is InChI=1S/C14H20N4O2/c1-4-17(5-2)10-11(3)16-13-7-6-12(9-15)8-14(13)18(19)20/h6-8,11,16H,4-5,10H2,1-3H3. The molecule has 0 aliphatic rings. The lowest BCUT2D eigenvalue weighted by Gasteiger charge is -2.24. The summed E-state index contributed by atoms with van der Waals surface area (Å²) in [5.41, 5.74) is 0.683. The molecule has 0 bridgehead atoms. The molecule has 1 aromatic rings. The quantitative estimate of drug-likeness (QED) is 0.611. The number of nitro benzene ring substituents is 1. The van der Waals surface area contributed by atoms with Gasteiger partial charge in [0.05, 0.1) is 16.6 Å². The van der Waals surface area contributed by atoms with Crippen LogP contribution in [0.4, 0.5) is 11.4 Å². The number of hydrogen-bond acceptors (Lipinski definition) is 5. The molecule has 1 rings (SSSR count). The number of nitrogens with zero attached hydrogens (tertiary/aromatic N) is 3. The molecule has 20 heavy (non-hydrogen) atoms. The average Bonchev–Trinajstić information content (AvgIpc) is 2.44. The van der Waals surface area contributed by atoms with Gasteiger partial charge in [-0.25, -0.2) is 0 Å². The fourth-order valence-electron chi connectivity index (χ4n) is 2.05. The summed E-state index contributed by atoms with van der Waals surface area (Å²) in [7, 11) is 0. The van der Waals surface area contributed by atoms with Crippen LogP contribution in [0, 0.1) is 21.4 Å². The highest BCUT2D eigenvalue weighted by molar-refractivity contribution is 5.64. The topological polar surface area (TPSA) is 82.2 Å². The van der Waals surface area contributed by atoms with Crippen molar-refractivity contribution in [2.45, 2.75) is 26.8 Å². The number of hydrogen-bond donors (Lipinski definition) is 1. The third-order valence-electron chi connectivity index (χ3n) is 3.15. The van der Waals surface area contributed by atoms with Crippen LogP contribution in [-0.4, -0.2) is 35.5 Å². The molecule has 0 aliphatic heterocycles. The molecule has 6 nitrogen and oxygen atoms in total. The fraction of sp³-hybridized carbons (Fsp3) is 0.500. The van der Waals surface area contributed by atoms with Crippen molar-refractivity contribution in [1.82, 2.24) is 4.90 Å². The minimum absolute atomic E-state index is 0.0598. The fourth-order valence-corrected chi connectivity index (χ4v) is 2.05. The van der Waals surface area contributed by atoms with E-state index in [1.807, 2.05) is 13.0 Å². The highest BCUT2D eigenvalue weighted by Crippen LogP contribution is 2.26. The van der Waals surface area contributed by atoms with Crippen LogP contribution in [0.5, 0.6) is 0 Å². The van der Waals surface area contributed by atoms with Gasteiger partial charge in [0.2, 0.25) is 0 Å². The monoisotopic (exact) mass is 276 g/mol. The Morgan fingerprint density at radius 2 is 2.10 bits per heavy atom. The van der Waals surface area contributed by atoms with Gasteiger partial charge in [0.1, 0.15) is 5.69 Å². The number of rotatable bonds is 7. The summed E-state index contributed by atoms with van der Waals surface area (Å²) in [6, 6.07) is 6.47. The van der Waals surface area contributed by atoms with Gasteiger partial charge >= 0.3 is 0 Å². The lowest BCUT2D eigenvalue weighted by Crippen LogP contribution is -2.34. The number of nitro groups is 1. The van der Waals surface area contributed by atoms with Crippen LogP contribution in [0.2, 0.25) is 0 Å². The van der Waals surface area contributed by atoms with Gasteiger partial charge in [-0.3, -0.25) is 10.1 Å². The second kappa shape index (κ2) is 7.46. The highest BCUT2D eigenvalue weighted by Gasteiger charge is 2.17. The van der Waals surface area contributed by atoms with Crippen molar-refractivity contribution in [3.05, 3.63) is 33.9 Å². The molecule has 1 unspecified atom stereocenters. The van der Waals surface area contributed by atoms with Crippen LogP contribution >= 0.6 is 0 Å². The normalized spacial score (nSPS) is 11.9. The molecule has 6 heteroatoms. The second-order valence-corrected chi connectivity index (χ2v) is 4.63. The van der Waals surface area contributed by atoms with Crippen molar-refractivity contribution in [1.29, 1.82) is 5.26 Å². The molecule has 0 aromatic heterocycles. The van der Waals surface area contributed by atoms with Gasteiger partial charge in [-0.1, -0.05) is 13.8 Å². The summed E-state index contributed by atoms with van der Waals surface area (Å²) in [6.07, 6.45) is 0. The first kappa shape index (κ1) is 15.9. The summed E-state index contributed by atoms with van der Waals surface area (Å²) >= 11 is 0. The molecule has 1 N–H and O–H groups in total. The van der Waals surface area contributed by atoms with E-state index in [4.69, 9.17) is 5.26 Å². The van der Waals surface area contributed by atoms with Crippen molar-refractivity contribution >= 4 is 11.4 Å². The van der Waals surface area contributed by atoms with E-state index < -0.39 is 4.92 Å². The molecule has 0 radical (unpaired) electrons. The summed E-state index contributed by atoms with van der Waals surface area (Å²) < 4.78 is 0. The maximum absolute atomic E-state index is 11.1. The molecule has 0 aliphatic carbocycles. The third-order valence-corrected chi connectivity index (χ3v) is 3.15. The number of nitrogens with one attached hydrogen (secondary N) is 1. The van der Waals surface area contributed by atoms with Crippen LogP contribution in [-0.2, 0) is 0 Å². The first-order chi connectivity index (χ1) is 9.51. The van der Waals surface area contributed by atoms with Gasteiger partial charge in [-0.05, 0) is 32.1 Å². The van der Waals surface area contributed by atoms with Crippen LogP contribution in [0.25, 0.3) is 0 Å². The number of likely N-dealkylation sites (N-methyl/N-ethyl adjacent to an activating group) is 1. The molecule has 0 spiro atoms. The zero-order chi connectivity index (χ0) is 15.1. The first-order valence-electron chi connectivity index (χ1n) is 6.69. The van der Waals surface area contributed by atoms with Gasteiger partial charge in [0.15, 0.2) is 0 Å². The number of nitriles is 1. The molecule has 0 saturated heterocycles. The van der Waals surface area contributed by atoms with Crippen LogP contribution in [0.1, 0.15) is 26.3 Å². The zero-order valence-electron chi connectivity index (χ0n) is 12.1.